The lowest BCUT2D eigenvalue weighted by molar-refractivity contribution is -0.385. The first-order valence-corrected chi connectivity index (χ1v) is 8.91. The lowest BCUT2D eigenvalue weighted by Crippen LogP contribution is -2.40. The highest BCUT2D eigenvalue weighted by atomic mass is 16.6. The number of allylic oxidation sites excluding steroid dienone is 2. The molecule has 138 valence electrons. The van der Waals surface area contributed by atoms with Crippen molar-refractivity contribution >= 4 is 29.2 Å². The molecule has 1 aromatic carbocycles. The van der Waals surface area contributed by atoms with Crippen molar-refractivity contribution in [2.45, 2.75) is 13.3 Å². The zero-order chi connectivity index (χ0) is 19.0. The van der Waals surface area contributed by atoms with Gasteiger partial charge in [-0.25, -0.2) is 4.90 Å². The maximum atomic E-state index is 13.1. The smallest absolute Gasteiger partial charge is 0.313 e. The fourth-order valence-electron chi connectivity index (χ4n) is 5.24. The molecule has 1 aromatic rings. The fourth-order valence-corrected chi connectivity index (χ4v) is 5.24. The standard InChI is InChI=1S/C19H16N2O6/c1-8(22)27-15-5-2-9(6-14(15)21(25)26)20-18(23)16-10-3-4-11(13-7-12(10)13)17(16)19(20)24/h2-6,10-13,16-17H,7H2,1H3/t10-,11-,12-,13+,16+,17+/m0/s1. The SMILES string of the molecule is CC(=O)Oc1ccc(N2C(=O)[C@@H]3[C@H]4C=C[C@@H]([C@@H]5C[C@H]45)[C@H]3C2=O)cc1[N+](=O)[O-]. The summed E-state index contributed by atoms with van der Waals surface area (Å²) >= 11 is 0. The number of nitrogens with zero attached hydrogens (tertiary/aromatic N) is 2. The Kier molecular flexibility index (Phi) is 3.14. The third-order valence-corrected chi connectivity index (χ3v) is 6.31. The van der Waals surface area contributed by atoms with Crippen molar-refractivity contribution < 1.29 is 24.0 Å². The average molecular weight is 368 g/mol. The molecular weight excluding hydrogens is 352 g/mol. The van der Waals surface area contributed by atoms with Gasteiger partial charge >= 0.3 is 11.7 Å². The lowest BCUT2D eigenvalue weighted by atomic mass is 9.63. The van der Waals surface area contributed by atoms with Gasteiger partial charge in [-0.3, -0.25) is 24.5 Å². The fraction of sp³-hybridized carbons (Fsp3) is 0.421. The Morgan fingerprint density at radius 2 is 1.74 bits per heavy atom. The summed E-state index contributed by atoms with van der Waals surface area (Å²) in [7, 11) is 0. The molecule has 1 aliphatic heterocycles. The zero-order valence-electron chi connectivity index (χ0n) is 14.4. The second-order valence-corrected chi connectivity index (χ2v) is 7.67. The van der Waals surface area contributed by atoms with Crippen molar-refractivity contribution in [2.75, 3.05) is 4.90 Å². The summed E-state index contributed by atoms with van der Waals surface area (Å²) in [5, 5.41) is 11.4. The maximum absolute atomic E-state index is 13.1. The number of carbonyl (C=O) groups is 3. The van der Waals surface area contributed by atoms with Crippen molar-refractivity contribution in [3.63, 3.8) is 0 Å². The Morgan fingerprint density at radius 3 is 2.26 bits per heavy atom. The summed E-state index contributed by atoms with van der Waals surface area (Å²) < 4.78 is 4.86. The molecule has 8 nitrogen and oxygen atoms in total. The third-order valence-electron chi connectivity index (χ3n) is 6.31. The van der Waals surface area contributed by atoms with E-state index in [0.29, 0.717) is 11.8 Å². The Balaban J connectivity index is 1.53. The summed E-state index contributed by atoms with van der Waals surface area (Å²) in [4.78, 5) is 49.0. The predicted octanol–water partition coefficient (Wildman–Crippen LogP) is 2.08. The van der Waals surface area contributed by atoms with Crippen LogP contribution in [0.3, 0.4) is 0 Å². The van der Waals surface area contributed by atoms with Crippen molar-refractivity contribution in [1.82, 2.24) is 0 Å². The Bertz CT molecular complexity index is 918. The number of rotatable bonds is 3. The van der Waals surface area contributed by atoms with Crippen LogP contribution in [0.15, 0.2) is 30.4 Å². The second kappa shape index (κ2) is 5.25. The number of hydrogen-bond donors (Lipinski definition) is 0. The number of benzene rings is 1. The Hall–Kier alpha value is -3.03. The monoisotopic (exact) mass is 368 g/mol. The predicted molar refractivity (Wildman–Crippen MR) is 91.6 cm³/mol. The molecule has 3 fully saturated rings. The highest BCUT2D eigenvalue weighted by Gasteiger charge is 2.67. The minimum atomic E-state index is -0.694. The molecule has 2 saturated carbocycles. The number of ether oxygens (including phenoxy) is 1. The largest absolute Gasteiger partial charge is 0.419 e. The number of hydrogen-bond acceptors (Lipinski definition) is 6. The van der Waals surface area contributed by atoms with Crippen LogP contribution in [-0.4, -0.2) is 22.7 Å². The van der Waals surface area contributed by atoms with Crippen LogP contribution < -0.4 is 9.64 Å². The molecule has 2 bridgehead atoms. The van der Waals surface area contributed by atoms with E-state index in [-0.39, 0.29) is 46.9 Å². The van der Waals surface area contributed by atoms with Gasteiger partial charge in [0, 0.05) is 13.0 Å². The molecule has 5 aliphatic rings. The van der Waals surface area contributed by atoms with Crippen LogP contribution >= 0.6 is 0 Å². The lowest BCUT2D eigenvalue weighted by Gasteiger charge is -2.37. The van der Waals surface area contributed by atoms with Gasteiger partial charge < -0.3 is 4.74 Å². The van der Waals surface area contributed by atoms with Gasteiger partial charge in [0.25, 0.3) is 0 Å². The van der Waals surface area contributed by atoms with E-state index in [4.69, 9.17) is 4.74 Å². The number of amides is 2. The van der Waals surface area contributed by atoms with Crippen LogP contribution in [0, 0.1) is 45.6 Å². The quantitative estimate of drug-likeness (QED) is 0.202. The van der Waals surface area contributed by atoms with Gasteiger partial charge in [0.15, 0.2) is 0 Å². The van der Waals surface area contributed by atoms with Crippen LogP contribution in [0.1, 0.15) is 13.3 Å². The van der Waals surface area contributed by atoms with Crippen molar-refractivity contribution in [3.05, 3.63) is 40.5 Å². The van der Waals surface area contributed by atoms with Gasteiger partial charge in [-0.2, -0.15) is 0 Å². The molecule has 6 atom stereocenters. The van der Waals surface area contributed by atoms with E-state index in [0.717, 1.165) is 24.3 Å². The average Bonchev–Trinajstić information content (AvgIpc) is 3.39. The van der Waals surface area contributed by atoms with Crippen molar-refractivity contribution in [3.8, 4) is 5.75 Å². The Labute approximate surface area is 153 Å². The normalized spacial score (nSPS) is 35.1. The minimum Gasteiger partial charge on any atom is -0.419 e. The first-order chi connectivity index (χ1) is 12.9. The zero-order valence-corrected chi connectivity index (χ0v) is 14.4. The molecule has 1 saturated heterocycles. The maximum Gasteiger partial charge on any atom is 0.313 e. The first kappa shape index (κ1) is 16.2. The summed E-state index contributed by atoms with van der Waals surface area (Å²) in [6, 6.07) is 3.79. The van der Waals surface area contributed by atoms with Gasteiger partial charge in [-0.1, -0.05) is 12.2 Å². The minimum absolute atomic E-state index is 0.0850. The van der Waals surface area contributed by atoms with E-state index in [1.54, 1.807) is 0 Å². The van der Waals surface area contributed by atoms with Crippen LogP contribution in [0.2, 0.25) is 0 Å². The number of esters is 1. The van der Waals surface area contributed by atoms with Crippen LogP contribution in [-0.2, 0) is 14.4 Å². The van der Waals surface area contributed by atoms with Gasteiger partial charge in [-0.15, -0.1) is 0 Å². The number of nitro benzene ring substituents is 1. The highest BCUT2D eigenvalue weighted by molar-refractivity contribution is 6.22. The van der Waals surface area contributed by atoms with E-state index < -0.39 is 16.6 Å². The van der Waals surface area contributed by atoms with Gasteiger partial charge in [-0.05, 0) is 42.2 Å². The number of imide groups is 1. The summed E-state index contributed by atoms with van der Waals surface area (Å²) in [6.07, 6.45) is 5.21. The molecule has 0 radical (unpaired) electrons. The molecule has 0 spiro atoms. The van der Waals surface area contributed by atoms with E-state index in [2.05, 4.69) is 12.2 Å². The number of nitro groups is 1. The van der Waals surface area contributed by atoms with E-state index >= 15 is 0 Å². The van der Waals surface area contributed by atoms with Gasteiger partial charge in [0.2, 0.25) is 17.6 Å². The molecule has 2 amide bonds. The molecule has 0 aromatic heterocycles. The van der Waals surface area contributed by atoms with Crippen LogP contribution in [0.25, 0.3) is 0 Å². The van der Waals surface area contributed by atoms with E-state index in [1.165, 1.54) is 12.1 Å². The van der Waals surface area contributed by atoms with Crippen LogP contribution in [0.5, 0.6) is 5.75 Å². The van der Waals surface area contributed by atoms with Gasteiger partial charge in [0.05, 0.1) is 22.4 Å². The van der Waals surface area contributed by atoms with Crippen molar-refractivity contribution in [2.24, 2.45) is 35.5 Å². The molecule has 4 aliphatic carbocycles. The first-order valence-electron chi connectivity index (χ1n) is 8.91. The van der Waals surface area contributed by atoms with E-state index in [1.807, 2.05) is 0 Å². The summed E-state index contributed by atoms with van der Waals surface area (Å²) in [5.41, 5.74) is -0.308. The van der Waals surface area contributed by atoms with Gasteiger partial charge in [0.1, 0.15) is 0 Å². The third kappa shape index (κ3) is 2.12. The second-order valence-electron chi connectivity index (χ2n) is 7.67. The molecule has 1 heterocycles. The molecular formula is C19H16N2O6. The van der Waals surface area contributed by atoms with Crippen LogP contribution in [0.4, 0.5) is 11.4 Å². The molecule has 8 heteroatoms. The molecule has 0 N–H and O–H groups in total. The van der Waals surface area contributed by atoms with E-state index in [9.17, 15) is 24.5 Å². The number of carbonyl (C=O) groups excluding carboxylic acids is 3. The molecule has 27 heavy (non-hydrogen) atoms. The Morgan fingerprint density at radius 1 is 1.15 bits per heavy atom. The highest BCUT2D eigenvalue weighted by Crippen LogP contribution is 2.65. The van der Waals surface area contributed by atoms with Crippen molar-refractivity contribution in [1.29, 1.82) is 0 Å². The molecule has 6 rings (SSSR count). The number of anilines is 1. The summed E-state index contributed by atoms with van der Waals surface area (Å²) in [5.74, 6) is -1.08. The topological polar surface area (TPSA) is 107 Å². The summed E-state index contributed by atoms with van der Waals surface area (Å²) in [6.45, 7) is 1.14. The molecule has 0 unspecified atom stereocenters.